The lowest BCUT2D eigenvalue weighted by Crippen LogP contribution is -2.36. The number of benzene rings is 1. The van der Waals surface area contributed by atoms with Gasteiger partial charge in [-0.25, -0.2) is 0 Å². The fourth-order valence-corrected chi connectivity index (χ4v) is 2.86. The molecule has 146 valence electrons. The minimum atomic E-state index is -4.51. The van der Waals surface area contributed by atoms with Crippen LogP contribution in [0.25, 0.3) is 0 Å². The van der Waals surface area contributed by atoms with Crippen molar-refractivity contribution >= 4 is 11.6 Å². The average Bonchev–Trinajstić information content (AvgIpc) is 3.12. The molecule has 27 heavy (non-hydrogen) atoms. The van der Waals surface area contributed by atoms with Gasteiger partial charge in [-0.3, -0.25) is 9.48 Å². The zero-order valence-electron chi connectivity index (χ0n) is 14.9. The molecule has 0 unspecified atom stereocenters. The van der Waals surface area contributed by atoms with Crippen LogP contribution >= 0.6 is 0 Å². The maximum Gasteiger partial charge on any atom is 0.435 e. The molecular formula is C18H21F3N4O2. The van der Waals surface area contributed by atoms with Gasteiger partial charge in [-0.15, -0.1) is 0 Å². The fourth-order valence-electron chi connectivity index (χ4n) is 2.86. The highest BCUT2D eigenvalue weighted by Gasteiger charge is 2.33. The molecule has 0 N–H and O–H groups in total. The van der Waals surface area contributed by atoms with E-state index in [1.165, 1.54) is 4.90 Å². The standard InChI is InChI=1S/C18H21F3N4O2/c1-23(17(26)13-25-7-6-16(22-25)18(19,20)21)12-14-2-4-15(5-3-14)24-8-10-27-11-9-24/h2-7H,8-13H2,1H3. The Kier molecular flexibility index (Phi) is 5.69. The van der Waals surface area contributed by atoms with Crippen LogP contribution in [0, 0.1) is 0 Å². The van der Waals surface area contributed by atoms with Crippen LogP contribution in [0.15, 0.2) is 36.5 Å². The van der Waals surface area contributed by atoms with Crippen LogP contribution in [-0.2, 0) is 28.8 Å². The second-order valence-electron chi connectivity index (χ2n) is 6.41. The van der Waals surface area contributed by atoms with E-state index in [1.54, 1.807) is 7.05 Å². The Hall–Kier alpha value is -2.55. The van der Waals surface area contributed by atoms with E-state index in [0.717, 1.165) is 41.3 Å². The quantitative estimate of drug-likeness (QED) is 0.797. The van der Waals surface area contributed by atoms with Crippen molar-refractivity contribution in [2.45, 2.75) is 19.3 Å². The van der Waals surface area contributed by atoms with Gasteiger partial charge in [0, 0.05) is 38.6 Å². The van der Waals surface area contributed by atoms with Crippen LogP contribution in [0.5, 0.6) is 0 Å². The topological polar surface area (TPSA) is 50.6 Å². The van der Waals surface area contributed by atoms with Gasteiger partial charge in [-0.05, 0) is 23.8 Å². The van der Waals surface area contributed by atoms with Gasteiger partial charge in [0.05, 0.1) is 13.2 Å². The molecule has 1 aliphatic heterocycles. The Labute approximate surface area is 155 Å². The molecule has 1 saturated heterocycles. The number of carbonyl (C=O) groups is 1. The van der Waals surface area contributed by atoms with Crippen molar-refractivity contribution in [3.63, 3.8) is 0 Å². The predicted octanol–water partition coefficient (Wildman–Crippen LogP) is 2.40. The van der Waals surface area contributed by atoms with Crippen molar-refractivity contribution in [3.8, 4) is 0 Å². The summed E-state index contributed by atoms with van der Waals surface area (Å²) < 4.78 is 44.1. The molecule has 0 atom stereocenters. The summed E-state index contributed by atoms with van der Waals surface area (Å²) in [4.78, 5) is 16.0. The van der Waals surface area contributed by atoms with Gasteiger partial charge >= 0.3 is 6.18 Å². The van der Waals surface area contributed by atoms with E-state index >= 15 is 0 Å². The molecule has 0 saturated carbocycles. The fraction of sp³-hybridized carbons (Fsp3) is 0.444. The first-order valence-corrected chi connectivity index (χ1v) is 8.59. The molecule has 0 aliphatic carbocycles. The molecule has 1 fully saturated rings. The molecule has 6 nitrogen and oxygen atoms in total. The molecule has 3 rings (SSSR count). The lowest BCUT2D eigenvalue weighted by Gasteiger charge is -2.29. The van der Waals surface area contributed by atoms with Crippen molar-refractivity contribution < 1.29 is 22.7 Å². The first-order valence-electron chi connectivity index (χ1n) is 8.59. The highest BCUT2D eigenvalue weighted by molar-refractivity contribution is 5.75. The Morgan fingerprint density at radius 2 is 1.85 bits per heavy atom. The van der Waals surface area contributed by atoms with E-state index in [-0.39, 0.29) is 12.5 Å². The van der Waals surface area contributed by atoms with Crippen molar-refractivity contribution in [2.75, 3.05) is 38.3 Å². The Morgan fingerprint density at radius 3 is 2.44 bits per heavy atom. The number of morpholine rings is 1. The summed E-state index contributed by atoms with van der Waals surface area (Å²) >= 11 is 0. The van der Waals surface area contributed by atoms with Crippen molar-refractivity contribution in [1.82, 2.24) is 14.7 Å². The number of nitrogens with zero attached hydrogens (tertiary/aromatic N) is 4. The number of aromatic nitrogens is 2. The molecule has 2 heterocycles. The molecule has 1 amide bonds. The average molecular weight is 382 g/mol. The second kappa shape index (κ2) is 7.99. The summed E-state index contributed by atoms with van der Waals surface area (Å²) in [5.74, 6) is -0.316. The number of rotatable bonds is 5. The van der Waals surface area contributed by atoms with Crippen LogP contribution in [0.4, 0.5) is 18.9 Å². The Morgan fingerprint density at radius 1 is 1.19 bits per heavy atom. The number of anilines is 1. The summed E-state index contributed by atoms with van der Waals surface area (Å²) in [6, 6.07) is 8.76. The summed E-state index contributed by atoms with van der Waals surface area (Å²) in [6.07, 6.45) is -3.35. The monoisotopic (exact) mass is 382 g/mol. The lowest BCUT2D eigenvalue weighted by atomic mass is 10.1. The minimum absolute atomic E-state index is 0.238. The van der Waals surface area contributed by atoms with Crippen molar-refractivity contribution in [2.24, 2.45) is 0 Å². The number of likely N-dealkylation sites (N-methyl/N-ethyl adjacent to an activating group) is 1. The third-order valence-corrected chi connectivity index (χ3v) is 4.39. The highest BCUT2D eigenvalue weighted by atomic mass is 19.4. The highest BCUT2D eigenvalue weighted by Crippen LogP contribution is 2.27. The molecular weight excluding hydrogens is 361 g/mol. The first kappa shape index (κ1) is 19.2. The van der Waals surface area contributed by atoms with E-state index in [1.807, 2.05) is 24.3 Å². The molecule has 1 aliphatic rings. The van der Waals surface area contributed by atoms with Gasteiger partial charge in [0.1, 0.15) is 6.54 Å². The van der Waals surface area contributed by atoms with Gasteiger partial charge in [-0.1, -0.05) is 12.1 Å². The smallest absolute Gasteiger partial charge is 0.378 e. The van der Waals surface area contributed by atoms with Gasteiger partial charge in [0.2, 0.25) is 5.91 Å². The molecule has 0 bridgehead atoms. The van der Waals surface area contributed by atoms with Crippen LogP contribution in [0.1, 0.15) is 11.3 Å². The molecule has 1 aromatic heterocycles. The van der Waals surface area contributed by atoms with Crippen LogP contribution in [0.3, 0.4) is 0 Å². The third-order valence-electron chi connectivity index (χ3n) is 4.39. The van der Waals surface area contributed by atoms with E-state index in [4.69, 9.17) is 4.74 Å². The number of hydrogen-bond acceptors (Lipinski definition) is 4. The van der Waals surface area contributed by atoms with Gasteiger partial charge in [0.25, 0.3) is 0 Å². The molecule has 0 spiro atoms. The normalized spacial score (nSPS) is 15.0. The van der Waals surface area contributed by atoms with Crippen molar-refractivity contribution in [1.29, 1.82) is 0 Å². The van der Waals surface area contributed by atoms with Gasteiger partial charge in [-0.2, -0.15) is 18.3 Å². The van der Waals surface area contributed by atoms with E-state index in [9.17, 15) is 18.0 Å². The summed E-state index contributed by atoms with van der Waals surface area (Å²) in [7, 11) is 1.62. The first-order chi connectivity index (χ1) is 12.8. The summed E-state index contributed by atoms with van der Waals surface area (Å²) in [6.45, 7) is 3.25. The second-order valence-corrected chi connectivity index (χ2v) is 6.41. The van der Waals surface area contributed by atoms with E-state index in [2.05, 4.69) is 10.00 Å². The maximum absolute atomic E-state index is 12.6. The van der Waals surface area contributed by atoms with E-state index < -0.39 is 11.9 Å². The number of amides is 1. The number of ether oxygens (including phenoxy) is 1. The molecule has 2 aromatic rings. The maximum atomic E-state index is 12.6. The number of carbonyl (C=O) groups excluding carboxylic acids is 1. The lowest BCUT2D eigenvalue weighted by molar-refractivity contribution is -0.142. The zero-order chi connectivity index (χ0) is 19.4. The largest absolute Gasteiger partial charge is 0.435 e. The number of hydrogen-bond donors (Lipinski definition) is 0. The van der Waals surface area contributed by atoms with Crippen LogP contribution in [0.2, 0.25) is 0 Å². The number of alkyl halides is 3. The SMILES string of the molecule is CN(Cc1ccc(N2CCOCC2)cc1)C(=O)Cn1ccc(C(F)(F)F)n1. The predicted molar refractivity (Wildman–Crippen MR) is 93.2 cm³/mol. The van der Waals surface area contributed by atoms with Gasteiger partial charge < -0.3 is 14.5 Å². The molecule has 9 heteroatoms. The van der Waals surface area contributed by atoms with Crippen LogP contribution < -0.4 is 4.90 Å². The van der Waals surface area contributed by atoms with Crippen molar-refractivity contribution in [3.05, 3.63) is 47.8 Å². The number of halogens is 3. The zero-order valence-corrected chi connectivity index (χ0v) is 14.9. The molecule has 1 aromatic carbocycles. The molecule has 0 radical (unpaired) electrons. The Bertz CT molecular complexity index is 768. The summed E-state index contributed by atoms with van der Waals surface area (Å²) in [5.41, 5.74) is 1.04. The third kappa shape index (κ3) is 5.00. The minimum Gasteiger partial charge on any atom is -0.378 e. The van der Waals surface area contributed by atoms with Gasteiger partial charge in [0.15, 0.2) is 5.69 Å². The summed E-state index contributed by atoms with van der Waals surface area (Å²) in [5, 5.41) is 3.40. The van der Waals surface area contributed by atoms with E-state index in [0.29, 0.717) is 19.8 Å². The van der Waals surface area contributed by atoms with Crippen LogP contribution in [-0.4, -0.2) is 53.9 Å². The Balaban J connectivity index is 1.55.